The largest absolute Gasteiger partial charge is 0.319 e. The maximum absolute atomic E-state index is 4.66. The van der Waals surface area contributed by atoms with E-state index in [-0.39, 0.29) is 0 Å². The molecule has 0 spiro atoms. The second-order valence-corrected chi connectivity index (χ2v) is 6.15. The molecular formula is C16H22BrN3. The molecule has 1 heterocycles. The van der Waals surface area contributed by atoms with Gasteiger partial charge in [-0.3, -0.25) is 4.68 Å². The Labute approximate surface area is 129 Å². The third-order valence-electron chi connectivity index (χ3n) is 3.58. The minimum atomic E-state index is 0.925. The fraction of sp³-hybridized carbons (Fsp3) is 0.438. The van der Waals surface area contributed by atoms with Crippen LogP contribution >= 0.6 is 15.9 Å². The zero-order valence-corrected chi connectivity index (χ0v) is 14.4. The number of nitrogens with one attached hydrogen (secondary N) is 1. The zero-order valence-electron chi connectivity index (χ0n) is 12.8. The zero-order chi connectivity index (χ0) is 14.9. The molecule has 0 aliphatic heterocycles. The van der Waals surface area contributed by atoms with Gasteiger partial charge in [-0.15, -0.1) is 0 Å². The number of aromatic nitrogens is 2. The van der Waals surface area contributed by atoms with Gasteiger partial charge in [0.2, 0.25) is 0 Å². The number of hydrogen-bond acceptors (Lipinski definition) is 2. The molecule has 0 amide bonds. The van der Waals surface area contributed by atoms with Gasteiger partial charge in [-0.05, 0) is 54.9 Å². The topological polar surface area (TPSA) is 29.9 Å². The van der Waals surface area contributed by atoms with Gasteiger partial charge in [0.1, 0.15) is 0 Å². The van der Waals surface area contributed by atoms with Gasteiger partial charge in [0, 0.05) is 25.6 Å². The predicted molar refractivity (Wildman–Crippen MR) is 88.2 cm³/mol. The molecule has 0 radical (unpaired) electrons. The summed E-state index contributed by atoms with van der Waals surface area (Å²) in [6, 6.07) is 4.46. The Morgan fingerprint density at radius 3 is 2.35 bits per heavy atom. The van der Waals surface area contributed by atoms with E-state index in [1.807, 2.05) is 18.8 Å². The Morgan fingerprint density at radius 2 is 1.80 bits per heavy atom. The van der Waals surface area contributed by atoms with Crippen molar-refractivity contribution in [2.45, 2.75) is 27.2 Å². The summed E-state index contributed by atoms with van der Waals surface area (Å²) in [4.78, 5) is 0. The summed E-state index contributed by atoms with van der Waals surface area (Å²) in [6.07, 6.45) is 0.925. The quantitative estimate of drug-likeness (QED) is 0.926. The Balaban J connectivity index is 2.56. The first kappa shape index (κ1) is 15.3. The number of nitrogens with zero attached hydrogens (tertiary/aromatic N) is 2. The van der Waals surface area contributed by atoms with Gasteiger partial charge in [0.15, 0.2) is 0 Å². The molecule has 0 aliphatic rings. The Morgan fingerprint density at radius 1 is 1.20 bits per heavy atom. The van der Waals surface area contributed by atoms with Crippen LogP contribution in [0.2, 0.25) is 0 Å². The van der Waals surface area contributed by atoms with Gasteiger partial charge in [0.25, 0.3) is 0 Å². The second-order valence-electron chi connectivity index (χ2n) is 5.36. The minimum absolute atomic E-state index is 0.925. The van der Waals surface area contributed by atoms with Crippen LogP contribution in [-0.2, 0) is 13.5 Å². The van der Waals surface area contributed by atoms with Gasteiger partial charge in [-0.25, -0.2) is 0 Å². The van der Waals surface area contributed by atoms with Gasteiger partial charge < -0.3 is 5.32 Å². The lowest BCUT2D eigenvalue weighted by Gasteiger charge is -2.12. The molecule has 0 saturated heterocycles. The molecule has 0 fully saturated rings. The van der Waals surface area contributed by atoms with E-state index in [0.717, 1.165) is 23.1 Å². The van der Waals surface area contributed by atoms with Gasteiger partial charge in [-0.2, -0.15) is 5.10 Å². The van der Waals surface area contributed by atoms with E-state index in [1.54, 1.807) is 0 Å². The molecule has 0 atom stereocenters. The Hall–Kier alpha value is -1.13. The summed E-state index contributed by atoms with van der Waals surface area (Å²) in [5.74, 6) is 0. The summed E-state index contributed by atoms with van der Waals surface area (Å²) < 4.78 is 3.10. The molecule has 108 valence electrons. The molecule has 3 nitrogen and oxygen atoms in total. The standard InChI is InChI=1S/C16H22BrN3/c1-10-8-11(2)14(12(3)9-10)16-15(17)13(6-7-18-4)19-20(16)5/h8-9,18H,6-7H2,1-5H3. The molecule has 0 unspecified atom stereocenters. The molecule has 20 heavy (non-hydrogen) atoms. The van der Waals surface area contributed by atoms with Crippen molar-refractivity contribution in [2.75, 3.05) is 13.6 Å². The second kappa shape index (κ2) is 6.10. The Bertz CT molecular complexity index is 606. The molecule has 2 aromatic rings. The average Bonchev–Trinajstić information content (AvgIpc) is 2.63. The highest BCUT2D eigenvalue weighted by atomic mass is 79.9. The van der Waals surface area contributed by atoms with Crippen molar-refractivity contribution in [2.24, 2.45) is 7.05 Å². The molecule has 2 rings (SSSR count). The smallest absolute Gasteiger partial charge is 0.0829 e. The fourth-order valence-corrected chi connectivity index (χ4v) is 3.51. The van der Waals surface area contributed by atoms with Crippen LogP contribution in [0.5, 0.6) is 0 Å². The first-order chi connectivity index (χ1) is 9.45. The fourth-order valence-electron chi connectivity index (χ4n) is 2.78. The number of hydrogen-bond donors (Lipinski definition) is 1. The van der Waals surface area contributed by atoms with Crippen molar-refractivity contribution < 1.29 is 0 Å². The van der Waals surface area contributed by atoms with Crippen molar-refractivity contribution in [3.8, 4) is 11.3 Å². The summed E-state index contributed by atoms with van der Waals surface area (Å²) in [5.41, 5.74) is 7.46. The lowest BCUT2D eigenvalue weighted by atomic mass is 9.97. The summed E-state index contributed by atoms with van der Waals surface area (Å²) >= 11 is 3.74. The summed E-state index contributed by atoms with van der Waals surface area (Å²) in [7, 11) is 3.98. The van der Waals surface area contributed by atoms with Crippen LogP contribution < -0.4 is 5.32 Å². The van der Waals surface area contributed by atoms with Crippen molar-refractivity contribution in [3.05, 3.63) is 39.0 Å². The van der Waals surface area contributed by atoms with Crippen molar-refractivity contribution >= 4 is 15.9 Å². The lowest BCUT2D eigenvalue weighted by Crippen LogP contribution is -2.11. The summed E-state index contributed by atoms with van der Waals surface area (Å²) in [6.45, 7) is 7.41. The molecule has 0 bridgehead atoms. The third kappa shape index (κ3) is 2.81. The molecule has 1 aromatic heterocycles. The molecule has 0 saturated carbocycles. The number of rotatable bonds is 4. The van der Waals surface area contributed by atoms with E-state index < -0.39 is 0 Å². The van der Waals surface area contributed by atoms with E-state index in [1.165, 1.54) is 27.9 Å². The van der Waals surface area contributed by atoms with Crippen molar-refractivity contribution in [1.82, 2.24) is 15.1 Å². The van der Waals surface area contributed by atoms with Crippen LogP contribution in [0, 0.1) is 20.8 Å². The highest BCUT2D eigenvalue weighted by Gasteiger charge is 2.18. The number of likely N-dealkylation sites (N-methyl/N-ethyl adjacent to an activating group) is 1. The summed E-state index contributed by atoms with van der Waals surface area (Å²) in [5, 5.41) is 7.83. The monoisotopic (exact) mass is 335 g/mol. The van der Waals surface area contributed by atoms with Crippen LogP contribution in [0.4, 0.5) is 0 Å². The van der Waals surface area contributed by atoms with Crippen LogP contribution in [0.25, 0.3) is 11.3 Å². The van der Waals surface area contributed by atoms with Crippen LogP contribution in [-0.4, -0.2) is 23.4 Å². The first-order valence-corrected chi connectivity index (χ1v) is 7.69. The van der Waals surface area contributed by atoms with Gasteiger partial charge >= 0.3 is 0 Å². The highest BCUT2D eigenvalue weighted by Crippen LogP contribution is 2.35. The van der Waals surface area contributed by atoms with Gasteiger partial charge in [0.05, 0.1) is 15.9 Å². The number of benzene rings is 1. The molecule has 4 heteroatoms. The maximum Gasteiger partial charge on any atom is 0.0829 e. The first-order valence-electron chi connectivity index (χ1n) is 6.90. The maximum atomic E-state index is 4.66. The van der Waals surface area contributed by atoms with Crippen LogP contribution in [0.15, 0.2) is 16.6 Å². The van der Waals surface area contributed by atoms with E-state index in [2.05, 4.69) is 59.2 Å². The third-order valence-corrected chi connectivity index (χ3v) is 4.41. The van der Waals surface area contributed by atoms with Gasteiger partial charge in [-0.1, -0.05) is 17.7 Å². The average molecular weight is 336 g/mol. The lowest BCUT2D eigenvalue weighted by molar-refractivity contribution is 0.719. The van der Waals surface area contributed by atoms with E-state index in [0.29, 0.717) is 0 Å². The van der Waals surface area contributed by atoms with Crippen LogP contribution in [0.3, 0.4) is 0 Å². The molecule has 1 aromatic carbocycles. The number of aryl methyl sites for hydroxylation is 4. The van der Waals surface area contributed by atoms with E-state index in [9.17, 15) is 0 Å². The molecular weight excluding hydrogens is 314 g/mol. The Kier molecular flexibility index (Phi) is 4.66. The minimum Gasteiger partial charge on any atom is -0.319 e. The SMILES string of the molecule is CNCCc1nn(C)c(-c2c(C)cc(C)cc2C)c1Br. The highest BCUT2D eigenvalue weighted by molar-refractivity contribution is 9.10. The van der Waals surface area contributed by atoms with Crippen molar-refractivity contribution in [3.63, 3.8) is 0 Å². The predicted octanol–water partition coefficient (Wildman–Crippen LogP) is 3.54. The number of halogens is 1. The molecule has 1 N–H and O–H groups in total. The van der Waals surface area contributed by atoms with E-state index in [4.69, 9.17) is 0 Å². The van der Waals surface area contributed by atoms with Crippen molar-refractivity contribution in [1.29, 1.82) is 0 Å². The normalized spacial score (nSPS) is 11.1. The van der Waals surface area contributed by atoms with Crippen LogP contribution in [0.1, 0.15) is 22.4 Å². The molecule has 0 aliphatic carbocycles. The van der Waals surface area contributed by atoms with E-state index >= 15 is 0 Å².